The molecule has 4 fully saturated rings. The van der Waals surface area contributed by atoms with Gasteiger partial charge in [-0.2, -0.15) is 0 Å². The second-order valence-electron chi connectivity index (χ2n) is 8.48. The van der Waals surface area contributed by atoms with Crippen LogP contribution in [0.3, 0.4) is 0 Å². The molecule has 2 N–H and O–H groups in total. The van der Waals surface area contributed by atoms with E-state index in [0.717, 1.165) is 56.7 Å². The van der Waals surface area contributed by atoms with Gasteiger partial charge in [0.25, 0.3) is 0 Å². The third-order valence-electron chi connectivity index (χ3n) is 7.04. The number of nitrogens with one attached hydrogen (secondary N) is 2. The van der Waals surface area contributed by atoms with E-state index in [0.29, 0.717) is 12.3 Å². The Bertz CT molecular complexity index is 495. The van der Waals surface area contributed by atoms with E-state index in [1.54, 1.807) is 0 Å². The van der Waals surface area contributed by atoms with E-state index in [1.807, 2.05) is 4.90 Å². The summed E-state index contributed by atoms with van der Waals surface area (Å²) in [5.74, 6) is 3.20. The molecule has 0 unspecified atom stereocenters. The zero-order chi connectivity index (χ0) is 16.5. The average molecular weight is 333 g/mol. The molecule has 0 aromatic carbocycles. The molecule has 134 valence electrons. The van der Waals surface area contributed by atoms with E-state index >= 15 is 0 Å². The fourth-order valence-electron chi connectivity index (χ4n) is 5.80. The number of hydrogen-bond donors (Lipinski definition) is 2. The molecule has 0 aromatic rings. The van der Waals surface area contributed by atoms with Crippen LogP contribution in [0.1, 0.15) is 57.8 Å². The average Bonchev–Trinajstić information content (AvgIpc) is 3.31. The Labute approximate surface area is 144 Å². The summed E-state index contributed by atoms with van der Waals surface area (Å²) in [5.41, 5.74) is 0. The number of urea groups is 1. The minimum Gasteiger partial charge on any atom is -0.356 e. The molecule has 5 nitrogen and oxygen atoms in total. The van der Waals surface area contributed by atoms with Gasteiger partial charge in [-0.15, -0.1) is 0 Å². The van der Waals surface area contributed by atoms with Crippen LogP contribution in [0.2, 0.25) is 0 Å². The second-order valence-corrected chi connectivity index (χ2v) is 8.48. The molecule has 2 aliphatic heterocycles. The third kappa shape index (κ3) is 3.27. The van der Waals surface area contributed by atoms with Gasteiger partial charge in [-0.1, -0.05) is 6.42 Å². The van der Waals surface area contributed by atoms with Gasteiger partial charge in [0, 0.05) is 38.0 Å². The monoisotopic (exact) mass is 333 g/mol. The SMILES string of the molecule is O=C1C[C@H]([C@@H]2CCCCN2C(=O)NCC[C@@H]2C[C@H]3CC[C@H]2C3)CN1. The van der Waals surface area contributed by atoms with Gasteiger partial charge < -0.3 is 15.5 Å². The van der Waals surface area contributed by atoms with Gasteiger partial charge in [0.05, 0.1) is 0 Å². The van der Waals surface area contributed by atoms with E-state index in [9.17, 15) is 9.59 Å². The maximum atomic E-state index is 12.7. The van der Waals surface area contributed by atoms with Crippen LogP contribution >= 0.6 is 0 Å². The number of nitrogens with zero attached hydrogens (tertiary/aromatic N) is 1. The Balaban J connectivity index is 1.27. The zero-order valence-electron chi connectivity index (χ0n) is 14.6. The first kappa shape index (κ1) is 16.2. The molecule has 2 bridgehead atoms. The molecular formula is C19H31N3O2. The Morgan fingerprint density at radius 3 is 2.79 bits per heavy atom. The van der Waals surface area contributed by atoms with Crippen molar-refractivity contribution in [1.29, 1.82) is 0 Å². The quantitative estimate of drug-likeness (QED) is 0.830. The summed E-state index contributed by atoms with van der Waals surface area (Å²) >= 11 is 0. The van der Waals surface area contributed by atoms with E-state index in [-0.39, 0.29) is 18.0 Å². The first-order chi connectivity index (χ1) is 11.7. The fourth-order valence-corrected chi connectivity index (χ4v) is 5.80. The molecule has 2 aliphatic carbocycles. The Kier molecular flexibility index (Phi) is 4.68. The van der Waals surface area contributed by atoms with Crippen molar-refractivity contribution in [3.8, 4) is 0 Å². The lowest BCUT2D eigenvalue weighted by atomic mass is 9.86. The Morgan fingerprint density at radius 2 is 2.08 bits per heavy atom. The summed E-state index contributed by atoms with van der Waals surface area (Å²) < 4.78 is 0. The van der Waals surface area contributed by atoms with Crippen molar-refractivity contribution >= 4 is 11.9 Å². The molecule has 24 heavy (non-hydrogen) atoms. The lowest BCUT2D eigenvalue weighted by Crippen LogP contribution is -2.52. The highest BCUT2D eigenvalue weighted by Gasteiger charge is 2.39. The molecule has 0 aromatic heterocycles. The molecule has 4 rings (SSSR count). The third-order valence-corrected chi connectivity index (χ3v) is 7.04. The predicted molar refractivity (Wildman–Crippen MR) is 92.4 cm³/mol. The van der Waals surface area contributed by atoms with Gasteiger partial charge in [0.1, 0.15) is 0 Å². The van der Waals surface area contributed by atoms with Gasteiger partial charge in [-0.25, -0.2) is 4.79 Å². The first-order valence-electron chi connectivity index (χ1n) is 10.0. The summed E-state index contributed by atoms with van der Waals surface area (Å²) in [6, 6.07) is 0.336. The Morgan fingerprint density at radius 1 is 1.17 bits per heavy atom. The highest BCUT2D eigenvalue weighted by atomic mass is 16.2. The predicted octanol–water partition coefficient (Wildman–Crippen LogP) is 2.51. The van der Waals surface area contributed by atoms with Crippen molar-refractivity contribution < 1.29 is 9.59 Å². The van der Waals surface area contributed by atoms with Crippen LogP contribution in [0.4, 0.5) is 4.79 Å². The summed E-state index contributed by atoms with van der Waals surface area (Å²) in [7, 11) is 0. The molecule has 2 saturated carbocycles. The number of hydrogen-bond acceptors (Lipinski definition) is 2. The maximum absolute atomic E-state index is 12.7. The fraction of sp³-hybridized carbons (Fsp3) is 0.895. The number of amides is 3. The van der Waals surface area contributed by atoms with E-state index < -0.39 is 0 Å². The minimum atomic E-state index is 0.0993. The van der Waals surface area contributed by atoms with Gasteiger partial charge in [0.15, 0.2) is 0 Å². The summed E-state index contributed by atoms with van der Waals surface area (Å²) in [6.07, 6.45) is 10.7. The molecule has 5 atom stereocenters. The lowest BCUT2D eigenvalue weighted by molar-refractivity contribution is -0.119. The van der Waals surface area contributed by atoms with Crippen LogP contribution in [0.25, 0.3) is 0 Å². The first-order valence-corrected chi connectivity index (χ1v) is 10.0. The van der Waals surface area contributed by atoms with E-state index in [1.165, 1.54) is 32.1 Å². The molecule has 3 amide bonds. The van der Waals surface area contributed by atoms with Crippen molar-refractivity contribution in [1.82, 2.24) is 15.5 Å². The molecule has 4 aliphatic rings. The van der Waals surface area contributed by atoms with Crippen LogP contribution in [0.5, 0.6) is 0 Å². The molecule has 0 spiro atoms. The number of piperidine rings is 1. The largest absolute Gasteiger partial charge is 0.356 e. The van der Waals surface area contributed by atoms with Crippen molar-refractivity contribution in [3.05, 3.63) is 0 Å². The van der Waals surface area contributed by atoms with Crippen LogP contribution in [-0.4, -0.2) is 42.5 Å². The topological polar surface area (TPSA) is 61.4 Å². The summed E-state index contributed by atoms with van der Waals surface area (Å²) in [5, 5.41) is 6.11. The maximum Gasteiger partial charge on any atom is 0.317 e. The highest BCUT2D eigenvalue weighted by Crippen LogP contribution is 2.49. The zero-order valence-corrected chi connectivity index (χ0v) is 14.6. The molecule has 2 saturated heterocycles. The number of carbonyl (C=O) groups is 2. The normalized spacial score (nSPS) is 38.4. The smallest absolute Gasteiger partial charge is 0.317 e. The van der Waals surface area contributed by atoms with Crippen LogP contribution in [0, 0.1) is 23.7 Å². The van der Waals surface area contributed by atoms with Crippen LogP contribution < -0.4 is 10.6 Å². The van der Waals surface area contributed by atoms with Crippen molar-refractivity contribution in [2.24, 2.45) is 23.7 Å². The van der Waals surface area contributed by atoms with E-state index in [4.69, 9.17) is 0 Å². The number of likely N-dealkylation sites (tertiary alicyclic amines) is 1. The van der Waals surface area contributed by atoms with E-state index in [2.05, 4.69) is 10.6 Å². The van der Waals surface area contributed by atoms with Gasteiger partial charge in [-0.05, 0) is 62.7 Å². The van der Waals surface area contributed by atoms with Gasteiger partial charge in [-0.3, -0.25) is 4.79 Å². The van der Waals surface area contributed by atoms with Crippen molar-refractivity contribution in [2.45, 2.75) is 63.8 Å². The standard InChI is InChI=1S/C19H31N3O2/c23-18-11-16(12-21-18)17-3-1-2-8-22(17)19(24)20-7-6-15-10-13-4-5-14(15)9-13/h13-17H,1-12H2,(H,20,24)(H,21,23)/t13-,14-,15+,16-,17-/m0/s1. The van der Waals surface area contributed by atoms with Crippen molar-refractivity contribution in [3.63, 3.8) is 0 Å². The summed E-state index contributed by atoms with van der Waals surface area (Å²) in [6.45, 7) is 2.39. The Hall–Kier alpha value is -1.26. The van der Waals surface area contributed by atoms with Crippen LogP contribution in [0.15, 0.2) is 0 Å². The lowest BCUT2D eigenvalue weighted by Gasteiger charge is -2.38. The van der Waals surface area contributed by atoms with Gasteiger partial charge in [0.2, 0.25) is 5.91 Å². The summed E-state index contributed by atoms with van der Waals surface area (Å²) in [4.78, 5) is 26.2. The number of fused-ring (bicyclic) bond motifs is 2. The molecule has 0 radical (unpaired) electrons. The second kappa shape index (κ2) is 6.93. The highest BCUT2D eigenvalue weighted by molar-refractivity contribution is 5.79. The molecule has 2 heterocycles. The number of carbonyl (C=O) groups excluding carboxylic acids is 2. The molecular weight excluding hydrogens is 302 g/mol. The van der Waals surface area contributed by atoms with Crippen LogP contribution in [-0.2, 0) is 4.79 Å². The number of rotatable bonds is 4. The molecule has 5 heteroatoms. The van der Waals surface area contributed by atoms with Crippen molar-refractivity contribution in [2.75, 3.05) is 19.6 Å². The minimum absolute atomic E-state index is 0.0993. The van der Waals surface area contributed by atoms with Gasteiger partial charge >= 0.3 is 6.03 Å².